The number of ketones is 1. The first-order valence-electron chi connectivity index (χ1n) is 6.10. The first kappa shape index (κ1) is 16.2. The van der Waals surface area contributed by atoms with Crippen LogP contribution in [0.3, 0.4) is 0 Å². The van der Waals surface area contributed by atoms with Gasteiger partial charge in [-0.3, -0.25) is 9.59 Å². The Hall–Kier alpha value is 0.190. The van der Waals surface area contributed by atoms with Crippen molar-refractivity contribution in [2.75, 3.05) is 24.4 Å². The second kappa shape index (κ2) is 8.38. The molecule has 1 aliphatic rings. The molecule has 0 aromatic carbocycles. The molecule has 0 aromatic heterocycles. The molecule has 0 atom stereocenters. The maximum Gasteiger partial charge on any atom is 0.302 e. The molecule has 1 saturated heterocycles. The zero-order valence-electron chi connectivity index (χ0n) is 10.9. The highest BCUT2D eigenvalue weighted by molar-refractivity contribution is 8.35. The van der Waals surface area contributed by atoms with E-state index in [1.54, 1.807) is 35.3 Å². The van der Waals surface area contributed by atoms with Gasteiger partial charge in [-0.15, -0.1) is 35.3 Å². The van der Waals surface area contributed by atoms with Gasteiger partial charge in [0.2, 0.25) is 0 Å². The van der Waals surface area contributed by atoms with E-state index >= 15 is 0 Å². The average molecular weight is 308 g/mol. The molecule has 0 amide bonds. The highest BCUT2D eigenvalue weighted by atomic mass is 32.3. The molecule has 6 heteroatoms. The third-order valence-corrected chi connectivity index (χ3v) is 7.97. The van der Waals surface area contributed by atoms with Crippen molar-refractivity contribution >= 4 is 47.0 Å². The lowest BCUT2D eigenvalue weighted by Gasteiger charge is -2.32. The molecule has 1 rings (SSSR count). The maximum absolute atomic E-state index is 12.3. The van der Waals surface area contributed by atoms with Crippen molar-refractivity contribution in [1.29, 1.82) is 0 Å². The van der Waals surface area contributed by atoms with E-state index in [1.165, 1.54) is 13.3 Å². The van der Waals surface area contributed by atoms with Crippen molar-refractivity contribution < 1.29 is 14.3 Å². The number of unbranched alkanes of at least 4 members (excludes halogenated alkanes) is 1. The molecule has 18 heavy (non-hydrogen) atoms. The van der Waals surface area contributed by atoms with Gasteiger partial charge in [-0.05, 0) is 37.0 Å². The highest BCUT2D eigenvalue weighted by Gasteiger charge is 2.39. The summed E-state index contributed by atoms with van der Waals surface area (Å²) < 4.78 is 4.58. The fraction of sp³-hybridized carbons (Fsp3) is 0.833. The van der Waals surface area contributed by atoms with Gasteiger partial charge in [-0.2, -0.15) is 0 Å². The van der Waals surface area contributed by atoms with E-state index < -0.39 is 0 Å². The fourth-order valence-corrected chi connectivity index (χ4v) is 6.09. The second-order valence-corrected chi connectivity index (χ2v) is 8.45. The summed E-state index contributed by atoms with van der Waals surface area (Å²) in [4.78, 5) is 22.9. The standard InChI is InChI=1S/C12H20O3S3/c1-10(13)15-7-4-3-6-11(14)12(16-2)17-8-5-9-18-12/h3-9H2,1-2H3. The molecule has 0 saturated carbocycles. The number of hydrogen-bond donors (Lipinski definition) is 0. The summed E-state index contributed by atoms with van der Waals surface area (Å²) in [5.74, 6) is 2.23. The number of carbonyl (C=O) groups excluding carboxylic acids is 2. The molecule has 0 unspecified atom stereocenters. The number of hydrogen-bond acceptors (Lipinski definition) is 6. The SMILES string of the molecule is CSC1(C(=O)CCCCOC(C)=O)SCCCS1. The largest absolute Gasteiger partial charge is 0.466 e. The Morgan fingerprint density at radius 3 is 2.50 bits per heavy atom. The van der Waals surface area contributed by atoms with Crippen LogP contribution >= 0.6 is 35.3 Å². The Morgan fingerprint density at radius 2 is 1.94 bits per heavy atom. The van der Waals surface area contributed by atoms with Crippen LogP contribution in [0.1, 0.15) is 32.6 Å². The summed E-state index contributed by atoms with van der Waals surface area (Å²) in [6.45, 7) is 1.83. The molecular weight excluding hydrogens is 288 g/mol. The summed E-state index contributed by atoms with van der Waals surface area (Å²) in [5.41, 5.74) is 0. The fourth-order valence-electron chi connectivity index (χ4n) is 1.66. The Morgan fingerprint density at radius 1 is 1.28 bits per heavy atom. The Labute approximate surface area is 122 Å². The molecule has 0 aromatic rings. The van der Waals surface area contributed by atoms with Gasteiger partial charge in [-0.1, -0.05) is 0 Å². The average Bonchev–Trinajstić information content (AvgIpc) is 2.38. The monoisotopic (exact) mass is 308 g/mol. The minimum Gasteiger partial charge on any atom is -0.466 e. The van der Waals surface area contributed by atoms with Crippen LogP contribution in [-0.2, 0) is 14.3 Å². The normalized spacial score (nSPS) is 18.3. The van der Waals surface area contributed by atoms with Crippen LogP contribution in [0.2, 0.25) is 0 Å². The van der Waals surface area contributed by atoms with Crippen LogP contribution in [0.25, 0.3) is 0 Å². The van der Waals surface area contributed by atoms with Gasteiger partial charge in [0.15, 0.2) is 9.19 Å². The predicted molar refractivity (Wildman–Crippen MR) is 81.3 cm³/mol. The molecule has 1 heterocycles. The summed E-state index contributed by atoms with van der Waals surface area (Å²) in [6, 6.07) is 0. The van der Waals surface area contributed by atoms with Crippen LogP contribution in [-0.4, -0.2) is 39.5 Å². The van der Waals surface area contributed by atoms with Crippen molar-refractivity contribution in [2.24, 2.45) is 0 Å². The van der Waals surface area contributed by atoms with Crippen LogP contribution in [0.4, 0.5) is 0 Å². The van der Waals surface area contributed by atoms with Gasteiger partial charge in [-0.25, -0.2) is 0 Å². The lowest BCUT2D eigenvalue weighted by Crippen LogP contribution is -2.31. The highest BCUT2D eigenvalue weighted by Crippen LogP contribution is 2.50. The van der Waals surface area contributed by atoms with Crippen molar-refractivity contribution in [1.82, 2.24) is 0 Å². The Balaban J connectivity index is 2.27. The van der Waals surface area contributed by atoms with E-state index in [1.807, 2.05) is 6.26 Å². The first-order valence-corrected chi connectivity index (χ1v) is 9.30. The summed E-state index contributed by atoms with van der Waals surface area (Å²) in [5, 5.41) is 0. The number of Topliss-reactive ketones (excluding diaryl/α,β-unsaturated/α-hetero) is 1. The molecule has 0 bridgehead atoms. The maximum atomic E-state index is 12.3. The van der Waals surface area contributed by atoms with Crippen molar-refractivity contribution in [3.8, 4) is 0 Å². The molecule has 104 valence electrons. The second-order valence-electron chi connectivity index (χ2n) is 4.03. The molecule has 3 nitrogen and oxygen atoms in total. The zero-order chi connectivity index (χ0) is 13.4. The summed E-state index contributed by atoms with van der Waals surface area (Å²) in [6.07, 6.45) is 5.36. The topological polar surface area (TPSA) is 43.4 Å². The number of ether oxygens (including phenoxy) is 1. The Bertz CT molecular complexity index is 288. The smallest absolute Gasteiger partial charge is 0.302 e. The van der Waals surface area contributed by atoms with Gasteiger partial charge in [0, 0.05) is 13.3 Å². The molecule has 0 N–H and O–H groups in total. The third kappa shape index (κ3) is 5.05. The third-order valence-electron chi connectivity index (χ3n) is 2.59. The molecular formula is C12H20O3S3. The first-order chi connectivity index (χ1) is 8.60. The number of esters is 1. The molecule has 0 aliphatic carbocycles. The van der Waals surface area contributed by atoms with Crippen molar-refractivity contribution in [2.45, 2.75) is 36.0 Å². The summed E-state index contributed by atoms with van der Waals surface area (Å²) >= 11 is 5.22. The van der Waals surface area contributed by atoms with Crippen LogP contribution in [0.15, 0.2) is 0 Å². The molecule has 0 spiro atoms. The van der Waals surface area contributed by atoms with E-state index in [4.69, 9.17) is 4.74 Å². The zero-order valence-corrected chi connectivity index (χ0v) is 13.3. The van der Waals surface area contributed by atoms with Crippen molar-refractivity contribution in [3.05, 3.63) is 0 Å². The van der Waals surface area contributed by atoms with Crippen molar-refractivity contribution in [3.63, 3.8) is 0 Å². The van der Waals surface area contributed by atoms with Crippen LogP contribution in [0, 0.1) is 0 Å². The Kier molecular flexibility index (Phi) is 7.56. The van der Waals surface area contributed by atoms with Gasteiger partial charge < -0.3 is 4.74 Å². The molecule has 0 radical (unpaired) electrons. The van der Waals surface area contributed by atoms with Gasteiger partial charge in [0.1, 0.15) is 0 Å². The summed E-state index contributed by atoms with van der Waals surface area (Å²) in [7, 11) is 0. The lowest BCUT2D eigenvalue weighted by molar-refractivity contribution is -0.141. The van der Waals surface area contributed by atoms with Crippen LogP contribution < -0.4 is 0 Å². The number of carbonyl (C=O) groups is 2. The number of rotatable bonds is 7. The van der Waals surface area contributed by atoms with E-state index in [9.17, 15) is 9.59 Å². The van der Waals surface area contributed by atoms with Crippen LogP contribution in [0.5, 0.6) is 0 Å². The van der Waals surface area contributed by atoms with Gasteiger partial charge in [0.05, 0.1) is 6.61 Å². The minimum absolute atomic E-state index is 0.250. The van der Waals surface area contributed by atoms with E-state index in [-0.39, 0.29) is 9.38 Å². The minimum atomic E-state index is -0.278. The van der Waals surface area contributed by atoms with Gasteiger partial charge >= 0.3 is 5.97 Å². The lowest BCUT2D eigenvalue weighted by atomic mass is 10.2. The predicted octanol–water partition coefficient (Wildman–Crippen LogP) is 3.18. The van der Waals surface area contributed by atoms with E-state index in [0.29, 0.717) is 18.8 Å². The van der Waals surface area contributed by atoms with E-state index in [2.05, 4.69) is 0 Å². The van der Waals surface area contributed by atoms with Gasteiger partial charge in [0.25, 0.3) is 0 Å². The molecule has 1 fully saturated rings. The van der Waals surface area contributed by atoms with E-state index in [0.717, 1.165) is 24.3 Å². The number of thioether (sulfide) groups is 3. The molecule has 1 aliphatic heterocycles. The quantitative estimate of drug-likeness (QED) is 0.531.